The number of amidine groups is 1. The SMILES string of the molecule is CN(Cc1ccc(F)cc1C(N)=NO)C1CCCCC1. The van der Waals surface area contributed by atoms with Crippen LogP contribution in [0.3, 0.4) is 0 Å². The van der Waals surface area contributed by atoms with Gasteiger partial charge in [-0.1, -0.05) is 30.5 Å². The zero-order valence-corrected chi connectivity index (χ0v) is 11.8. The summed E-state index contributed by atoms with van der Waals surface area (Å²) in [6.07, 6.45) is 6.26. The molecule has 1 aliphatic carbocycles. The third-order valence-corrected chi connectivity index (χ3v) is 4.07. The summed E-state index contributed by atoms with van der Waals surface area (Å²) in [6, 6.07) is 5.01. The molecule has 0 amide bonds. The van der Waals surface area contributed by atoms with Crippen LogP contribution in [0.5, 0.6) is 0 Å². The molecule has 0 heterocycles. The van der Waals surface area contributed by atoms with Gasteiger partial charge in [0.1, 0.15) is 5.82 Å². The summed E-state index contributed by atoms with van der Waals surface area (Å²) < 4.78 is 13.3. The Morgan fingerprint density at radius 3 is 2.75 bits per heavy atom. The van der Waals surface area contributed by atoms with Crippen LogP contribution in [-0.2, 0) is 6.54 Å². The monoisotopic (exact) mass is 279 g/mol. The van der Waals surface area contributed by atoms with Gasteiger partial charge in [0.05, 0.1) is 0 Å². The van der Waals surface area contributed by atoms with E-state index < -0.39 is 0 Å². The Bertz CT molecular complexity index is 484. The van der Waals surface area contributed by atoms with Crippen molar-refractivity contribution in [2.75, 3.05) is 7.05 Å². The Morgan fingerprint density at radius 2 is 2.10 bits per heavy atom. The van der Waals surface area contributed by atoms with Gasteiger partial charge in [-0.15, -0.1) is 0 Å². The van der Waals surface area contributed by atoms with Gasteiger partial charge in [-0.25, -0.2) is 4.39 Å². The van der Waals surface area contributed by atoms with Gasteiger partial charge in [-0.3, -0.25) is 4.90 Å². The molecule has 0 atom stereocenters. The molecule has 0 spiro atoms. The molecule has 1 aromatic rings. The van der Waals surface area contributed by atoms with Gasteiger partial charge >= 0.3 is 0 Å². The highest BCUT2D eigenvalue weighted by Gasteiger charge is 2.19. The number of hydrogen-bond acceptors (Lipinski definition) is 3. The number of nitrogens with two attached hydrogens (primary N) is 1. The van der Waals surface area contributed by atoms with E-state index in [4.69, 9.17) is 10.9 Å². The van der Waals surface area contributed by atoms with Crippen molar-refractivity contribution in [2.24, 2.45) is 10.9 Å². The third kappa shape index (κ3) is 3.48. The Labute approximate surface area is 119 Å². The summed E-state index contributed by atoms with van der Waals surface area (Å²) >= 11 is 0. The molecule has 0 unspecified atom stereocenters. The minimum Gasteiger partial charge on any atom is -0.409 e. The fraction of sp³-hybridized carbons (Fsp3) is 0.533. The Hall–Kier alpha value is -1.62. The normalized spacial score (nSPS) is 17.6. The molecule has 0 saturated heterocycles. The van der Waals surface area contributed by atoms with Crippen LogP contribution in [0, 0.1) is 5.82 Å². The molecule has 1 aromatic carbocycles. The molecule has 1 saturated carbocycles. The third-order valence-electron chi connectivity index (χ3n) is 4.07. The quantitative estimate of drug-likeness (QED) is 0.385. The van der Waals surface area contributed by atoms with Crippen molar-refractivity contribution >= 4 is 5.84 Å². The van der Waals surface area contributed by atoms with Crippen LogP contribution >= 0.6 is 0 Å². The summed E-state index contributed by atoms with van der Waals surface area (Å²) in [5.41, 5.74) is 6.98. The standard InChI is InChI=1S/C15H22FN3O/c1-19(13-5-3-2-4-6-13)10-11-7-8-12(16)9-14(11)15(17)18-20/h7-9,13,20H,2-6,10H2,1H3,(H2,17,18). The number of oxime groups is 1. The molecule has 2 rings (SSSR count). The van der Waals surface area contributed by atoms with Crippen molar-refractivity contribution < 1.29 is 9.60 Å². The van der Waals surface area contributed by atoms with Gasteiger partial charge < -0.3 is 10.9 Å². The Morgan fingerprint density at radius 1 is 1.40 bits per heavy atom. The topological polar surface area (TPSA) is 61.8 Å². The summed E-state index contributed by atoms with van der Waals surface area (Å²) in [5, 5.41) is 11.8. The zero-order chi connectivity index (χ0) is 14.5. The van der Waals surface area contributed by atoms with Gasteiger partial charge in [-0.2, -0.15) is 0 Å². The lowest BCUT2D eigenvalue weighted by Crippen LogP contribution is -2.33. The van der Waals surface area contributed by atoms with Crippen molar-refractivity contribution in [3.63, 3.8) is 0 Å². The second-order valence-electron chi connectivity index (χ2n) is 5.49. The van der Waals surface area contributed by atoms with E-state index in [-0.39, 0.29) is 11.7 Å². The van der Waals surface area contributed by atoms with Crippen LogP contribution in [0.15, 0.2) is 23.4 Å². The average molecular weight is 279 g/mol. The van der Waals surface area contributed by atoms with Gasteiger partial charge in [0, 0.05) is 18.2 Å². The summed E-state index contributed by atoms with van der Waals surface area (Å²) in [5.74, 6) is -0.424. The molecule has 5 heteroatoms. The molecule has 20 heavy (non-hydrogen) atoms. The Balaban J connectivity index is 2.15. The molecule has 4 nitrogen and oxygen atoms in total. The number of benzene rings is 1. The fourth-order valence-electron chi connectivity index (χ4n) is 2.90. The van der Waals surface area contributed by atoms with E-state index in [0.717, 1.165) is 5.56 Å². The predicted octanol–water partition coefficient (Wildman–Crippen LogP) is 2.68. The summed E-state index contributed by atoms with van der Waals surface area (Å²) in [4.78, 5) is 2.28. The van der Waals surface area contributed by atoms with Crippen LogP contribution in [-0.4, -0.2) is 29.0 Å². The average Bonchev–Trinajstić information content (AvgIpc) is 2.49. The molecule has 0 radical (unpaired) electrons. The van der Waals surface area contributed by atoms with Crippen molar-refractivity contribution in [3.8, 4) is 0 Å². The minimum absolute atomic E-state index is 0.0449. The molecule has 1 aliphatic rings. The zero-order valence-electron chi connectivity index (χ0n) is 11.8. The second kappa shape index (κ2) is 6.70. The van der Waals surface area contributed by atoms with E-state index in [9.17, 15) is 4.39 Å². The first-order valence-electron chi connectivity index (χ1n) is 7.08. The maximum absolute atomic E-state index is 13.3. The number of hydrogen-bond donors (Lipinski definition) is 2. The highest BCUT2D eigenvalue weighted by Crippen LogP contribution is 2.23. The lowest BCUT2D eigenvalue weighted by Gasteiger charge is -2.31. The maximum atomic E-state index is 13.3. The van der Waals surface area contributed by atoms with Crippen LogP contribution in [0.4, 0.5) is 4.39 Å². The molecular formula is C15H22FN3O. The first kappa shape index (κ1) is 14.8. The largest absolute Gasteiger partial charge is 0.409 e. The lowest BCUT2D eigenvalue weighted by molar-refractivity contribution is 0.184. The van der Waals surface area contributed by atoms with E-state index in [1.807, 2.05) is 0 Å². The number of nitrogens with zero attached hydrogens (tertiary/aromatic N) is 2. The fourth-order valence-corrected chi connectivity index (χ4v) is 2.90. The molecule has 0 aromatic heterocycles. The van der Waals surface area contributed by atoms with Crippen LogP contribution in [0.2, 0.25) is 0 Å². The van der Waals surface area contributed by atoms with Crippen molar-refractivity contribution in [2.45, 2.75) is 44.7 Å². The highest BCUT2D eigenvalue weighted by molar-refractivity contribution is 5.98. The van der Waals surface area contributed by atoms with E-state index >= 15 is 0 Å². The van der Waals surface area contributed by atoms with Crippen molar-refractivity contribution in [3.05, 3.63) is 35.1 Å². The van der Waals surface area contributed by atoms with Gasteiger partial charge in [0.2, 0.25) is 0 Å². The maximum Gasteiger partial charge on any atom is 0.170 e. The molecule has 3 N–H and O–H groups in total. The molecule has 110 valence electrons. The van der Waals surface area contributed by atoms with E-state index in [1.54, 1.807) is 6.07 Å². The van der Waals surface area contributed by atoms with E-state index in [1.165, 1.54) is 44.2 Å². The lowest BCUT2D eigenvalue weighted by atomic mass is 9.94. The Kier molecular flexibility index (Phi) is 4.95. The van der Waals surface area contributed by atoms with Crippen molar-refractivity contribution in [1.82, 2.24) is 4.90 Å². The summed E-state index contributed by atoms with van der Waals surface area (Å²) in [6.45, 7) is 0.677. The minimum atomic E-state index is -0.379. The van der Waals surface area contributed by atoms with Gasteiger partial charge in [-0.05, 0) is 37.6 Å². The molecule has 0 bridgehead atoms. The van der Waals surface area contributed by atoms with Gasteiger partial charge in [0.15, 0.2) is 5.84 Å². The first-order chi connectivity index (χ1) is 9.61. The van der Waals surface area contributed by atoms with Crippen LogP contribution < -0.4 is 5.73 Å². The van der Waals surface area contributed by atoms with E-state index in [0.29, 0.717) is 18.2 Å². The predicted molar refractivity (Wildman–Crippen MR) is 77.3 cm³/mol. The first-order valence-corrected chi connectivity index (χ1v) is 7.08. The second-order valence-corrected chi connectivity index (χ2v) is 5.49. The number of halogens is 1. The summed E-state index contributed by atoms with van der Waals surface area (Å²) in [7, 11) is 2.08. The number of rotatable bonds is 4. The van der Waals surface area contributed by atoms with Crippen LogP contribution in [0.25, 0.3) is 0 Å². The molecule has 1 fully saturated rings. The molecular weight excluding hydrogens is 257 g/mol. The van der Waals surface area contributed by atoms with Gasteiger partial charge in [0.25, 0.3) is 0 Å². The highest BCUT2D eigenvalue weighted by atomic mass is 19.1. The van der Waals surface area contributed by atoms with Crippen LogP contribution in [0.1, 0.15) is 43.2 Å². The van der Waals surface area contributed by atoms with E-state index in [2.05, 4.69) is 17.1 Å². The molecule has 0 aliphatic heterocycles. The van der Waals surface area contributed by atoms with Crippen molar-refractivity contribution in [1.29, 1.82) is 0 Å². The smallest absolute Gasteiger partial charge is 0.170 e.